The van der Waals surface area contributed by atoms with Crippen LogP contribution in [0, 0.1) is 5.92 Å². The van der Waals surface area contributed by atoms with E-state index >= 15 is 0 Å². The van der Waals surface area contributed by atoms with Crippen LogP contribution in [0.2, 0.25) is 0 Å². The normalized spacial score (nSPS) is 23.1. The van der Waals surface area contributed by atoms with E-state index in [1.54, 1.807) is 0 Å². The maximum Gasteiger partial charge on any atom is 0.0366 e. The van der Waals surface area contributed by atoms with Crippen LogP contribution in [0.3, 0.4) is 0 Å². The third-order valence-corrected chi connectivity index (χ3v) is 5.22. The molecule has 1 saturated heterocycles. The van der Waals surface area contributed by atoms with Gasteiger partial charge in [0.05, 0.1) is 0 Å². The summed E-state index contributed by atoms with van der Waals surface area (Å²) in [7, 11) is 0. The minimum atomic E-state index is 0.714. The van der Waals surface area contributed by atoms with E-state index in [9.17, 15) is 0 Å². The second-order valence-corrected chi connectivity index (χ2v) is 6.60. The van der Waals surface area contributed by atoms with Gasteiger partial charge in [0.1, 0.15) is 0 Å². The van der Waals surface area contributed by atoms with E-state index < -0.39 is 0 Å². The first-order chi connectivity index (χ1) is 9.83. The van der Waals surface area contributed by atoms with Crippen LogP contribution in [0.1, 0.15) is 45.4 Å². The lowest BCUT2D eigenvalue weighted by molar-refractivity contribution is 0.310. The zero-order valence-corrected chi connectivity index (χ0v) is 12.7. The summed E-state index contributed by atoms with van der Waals surface area (Å²) in [6.45, 7) is 4.79. The van der Waals surface area contributed by atoms with Crippen LogP contribution in [-0.2, 0) is 0 Å². The van der Waals surface area contributed by atoms with E-state index in [-0.39, 0.29) is 0 Å². The topological polar surface area (TPSA) is 15.3 Å². The summed E-state index contributed by atoms with van der Waals surface area (Å²) in [6, 6.07) is 12.3. The Balaban J connectivity index is 1.46. The maximum absolute atomic E-state index is 3.91. The first-order valence-corrected chi connectivity index (χ1v) is 8.39. The molecule has 110 valence electrons. The van der Waals surface area contributed by atoms with Crippen LogP contribution in [0.25, 0.3) is 0 Å². The molecule has 0 aromatic heterocycles. The number of para-hydroxylation sites is 1. The van der Waals surface area contributed by atoms with Crippen LogP contribution in [0.15, 0.2) is 30.3 Å². The molecule has 3 rings (SSSR count). The molecule has 1 aromatic carbocycles. The highest BCUT2D eigenvalue weighted by Crippen LogP contribution is 2.28. The summed E-state index contributed by atoms with van der Waals surface area (Å²) < 4.78 is 0. The molecule has 2 nitrogen and oxygen atoms in total. The summed E-state index contributed by atoms with van der Waals surface area (Å²) in [5, 5.41) is 3.91. The molecular weight excluding hydrogens is 244 g/mol. The highest BCUT2D eigenvalue weighted by Gasteiger charge is 2.25. The summed E-state index contributed by atoms with van der Waals surface area (Å²) in [5.74, 6) is 0.933. The number of nitrogens with one attached hydrogen (secondary N) is 1. The summed E-state index contributed by atoms with van der Waals surface area (Å²) in [4.78, 5) is 2.53. The van der Waals surface area contributed by atoms with Crippen LogP contribution >= 0.6 is 0 Å². The average molecular weight is 272 g/mol. The Morgan fingerprint density at radius 3 is 2.30 bits per heavy atom. The van der Waals surface area contributed by atoms with Crippen molar-refractivity contribution in [2.75, 3.05) is 18.0 Å². The number of rotatable bonds is 4. The molecule has 1 aromatic rings. The zero-order chi connectivity index (χ0) is 13.8. The monoisotopic (exact) mass is 272 g/mol. The molecule has 20 heavy (non-hydrogen) atoms. The lowest BCUT2D eigenvalue weighted by Gasteiger charge is -2.36. The Bertz CT molecular complexity index is 389. The van der Waals surface area contributed by atoms with Gasteiger partial charge in [-0.3, -0.25) is 0 Å². The van der Waals surface area contributed by atoms with Crippen molar-refractivity contribution >= 4 is 5.69 Å². The van der Waals surface area contributed by atoms with Crippen molar-refractivity contribution in [2.45, 2.75) is 57.5 Å². The van der Waals surface area contributed by atoms with Crippen molar-refractivity contribution in [1.29, 1.82) is 0 Å². The second kappa shape index (κ2) is 6.62. The van der Waals surface area contributed by atoms with Crippen LogP contribution in [-0.4, -0.2) is 25.2 Å². The fraction of sp³-hybridized carbons (Fsp3) is 0.667. The zero-order valence-electron chi connectivity index (χ0n) is 12.7. The van der Waals surface area contributed by atoms with Gasteiger partial charge in [0.25, 0.3) is 0 Å². The number of nitrogens with zero attached hydrogens (tertiary/aromatic N) is 1. The fourth-order valence-electron chi connectivity index (χ4n) is 3.91. The number of benzene rings is 1. The van der Waals surface area contributed by atoms with E-state index in [1.165, 1.54) is 57.3 Å². The lowest BCUT2D eigenvalue weighted by Crippen LogP contribution is -2.47. The molecule has 0 spiro atoms. The second-order valence-electron chi connectivity index (χ2n) is 6.60. The molecule has 0 radical (unpaired) electrons. The third-order valence-electron chi connectivity index (χ3n) is 5.22. The smallest absolute Gasteiger partial charge is 0.0366 e. The minimum Gasteiger partial charge on any atom is -0.371 e. The molecule has 1 heterocycles. The molecule has 0 bridgehead atoms. The van der Waals surface area contributed by atoms with Crippen molar-refractivity contribution in [3.63, 3.8) is 0 Å². The summed E-state index contributed by atoms with van der Waals surface area (Å²) in [6.07, 6.45) is 8.35. The molecular formula is C18H28N2. The van der Waals surface area contributed by atoms with Gasteiger partial charge >= 0.3 is 0 Å². The standard InChI is InChI=1S/C18H28N2/c1-15(16-7-5-6-8-16)19-17-11-13-20(14-12-17)18-9-3-2-4-10-18/h2-4,9-10,15-17,19H,5-8,11-14H2,1H3/t15-/m1/s1. The maximum atomic E-state index is 3.91. The molecule has 1 atom stereocenters. The van der Waals surface area contributed by atoms with Gasteiger partial charge in [-0.15, -0.1) is 0 Å². The van der Waals surface area contributed by atoms with Crippen molar-refractivity contribution in [3.8, 4) is 0 Å². The molecule has 0 unspecified atom stereocenters. The third kappa shape index (κ3) is 3.35. The van der Waals surface area contributed by atoms with Gasteiger partial charge in [-0.2, -0.15) is 0 Å². The van der Waals surface area contributed by atoms with E-state index in [0.717, 1.165) is 12.0 Å². The average Bonchev–Trinajstić information content (AvgIpc) is 3.03. The van der Waals surface area contributed by atoms with Crippen LogP contribution < -0.4 is 10.2 Å². The fourth-order valence-corrected chi connectivity index (χ4v) is 3.91. The van der Waals surface area contributed by atoms with Crippen molar-refractivity contribution in [2.24, 2.45) is 5.92 Å². The molecule has 1 saturated carbocycles. The highest BCUT2D eigenvalue weighted by atomic mass is 15.1. The molecule has 1 aliphatic carbocycles. The van der Waals surface area contributed by atoms with Crippen molar-refractivity contribution < 1.29 is 0 Å². The SMILES string of the molecule is C[C@@H](NC1CCN(c2ccccc2)CC1)C1CCCC1. The molecule has 2 heteroatoms. The summed E-state index contributed by atoms with van der Waals surface area (Å²) >= 11 is 0. The molecule has 2 fully saturated rings. The Morgan fingerprint density at radius 2 is 1.65 bits per heavy atom. The quantitative estimate of drug-likeness (QED) is 0.896. The highest BCUT2D eigenvalue weighted by molar-refractivity contribution is 5.46. The van der Waals surface area contributed by atoms with Gasteiger partial charge in [0, 0.05) is 30.9 Å². The van der Waals surface area contributed by atoms with Crippen molar-refractivity contribution in [1.82, 2.24) is 5.32 Å². The van der Waals surface area contributed by atoms with Gasteiger partial charge < -0.3 is 10.2 Å². The van der Waals surface area contributed by atoms with Gasteiger partial charge in [-0.25, -0.2) is 0 Å². The first kappa shape index (κ1) is 13.9. The van der Waals surface area contributed by atoms with E-state index in [1.807, 2.05) is 0 Å². The Labute approximate surface area is 123 Å². The largest absolute Gasteiger partial charge is 0.371 e. The predicted octanol–water partition coefficient (Wildman–Crippen LogP) is 3.82. The van der Waals surface area contributed by atoms with Crippen molar-refractivity contribution in [3.05, 3.63) is 30.3 Å². The number of piperidine rings is 1. The lowest BCUT2D eigenvalue weighted by atomic mass is 9.96. The Kier molecular flexibility index (Phi) is 4.62. The molecule has 1 aliphatic heterocycles. The Hall–Kier alpha value is -1.02. The summed E-state index contributed by atoms with van der Waals surface area (Å²) in [5.41, 5.74) is 1.38. The van der Waals surface area contributed by atoms with E-state index in [4.69, 9.17) is 0 Å². The first-order valence-electron chi connectivity index (χ1n) is 8.39. The molecule has 2 aliphatic rings. The Morgan fingerprint density at radius 1 is 1.00 bits per heavy atom. The number of anilines is 1. The van der Waals surface area contributed by atoms with Gasteiger partial charge in [-0.05, 0) is 50.7 Å². The predicted molar refractivity (Wildman–Crippen MR) is 86.2 cm³/mol. The van der Waals surface area contributed by atoms with E-state index in [0.29, 0.717) is 6.04 Å². The van der Waals surface area contributed by atoms with E-state index in [2.05, 4.69) is 47.5 Å². The molecule has 1 N–H and O–H groups in total. The number of hydrogen-bond acceptors (Lipinski definition) is 2. The van der Waals surface area contributed by atoms with Crippen LogP contribution in [0.4, 0.5) is 5.69 Å². The van der Waals surface area contributed by atoms with Gasteiger partial charge in [0.15, 0.2) is 0 Å². The van der Waals surface area contributed by atoms with Gasteiger partial charge in [-0.1, -0.05) is 31.0 Å². The minimum absolute atomic E-state index is 0.714. The van der Waals surface area contributed by atoms with Gasteiger partial charge in [0.2, 0.25) is 0 Å². The van der Waals surface area contributed by atoms with Crippen LogP contribution in [0.5, 0.6) is 0 Å². The molecule has 0 amide bonds. The number of hydrogen-bond donors (Lipinski definition) is 1.